The van der Waals surface area contributed by atoms with Crippen LogP contribution in [-0.2, 0) is 14.0 Å². The molecule has 20 nitrogen and oxygen atoms in total. The summed E-state index contributed by atoms with van der Waals surface area (Å²) in [5, 5.41) is 93.1. The fraction of sp³-hybridized carbons (Fsp3) is 1.00. The molecular formula is C36H88N3O17P. The van der Waals surface area contributed by atoms with Crippen LogP contribution in [0.1, 0.15) is 78.1 Å². The molecule has 57 heavy (non-hydrogen) atoms. The van der Waals surface area contributed by atoms with Crippen LogP contribution in [-0.4, -0.2) is 244 Å². The Balaban J connectivity index is -0.000000138. The summed E-state index contributed by atoms with van der Waals surface area (Å²) in [6.45, 7) is 12.6. The number of hydrogen-bond acceptors (Lipinski definition) is 17. The molecule has 0 aliphatic carbocycles. The summed E-state index contributed by atoms with van der Waals surface area (Å²) in [5.74, 6) is 0. The first-order chi connectivity index (χ1) is 27.4. The van der Waals surface area contributed by atoms with Crippen molar-refractivity contribution in [1.82, 2.24) is 14.7 Å². The van der Waals surface area contributed by atoms with Crippen LogP contribution >= 0.6 is 7.82 Å². The zero-order valence-electron chi connectivity index (χ0n) is 35.3. The van der Waals surface area contributed by atoms with Crippen LogP contribution in [0.25, 0.3) is 0 Å². The second-order valence-corrected chi connectivity index (χ2v) is 13.1. The third-order valence-corrected chi connectivity index (χ3v) is 7.00. The summed E-state index contributed by atoms with van der Waals surface area (Å²) in [7, 11) is -4.64. The van der Waals surface area contributed by atoms with E-state index in [9.17, 15) is 0 Å². The Kier molecular flexibility index (Phi) is 77.3. The van der Waals surface area contributed by atoms with E-state index in [1.165, 1.54) is 51.4 Å². The molecule has 0 saturated carbocycles. The number of ether oxygens (including phenoxy) is 2. The molecule has 14 N–H and O–H groups in total. The van der Waals surface area contributed by atoms with Crippen molar-refractivity contribution >= 4 is 7.82 Å². The van der Waals surface area contributed by atoms with Gasteiger partial charge in [-0.25, -0.2) is 4.57 Å². The maximum absolute atomic E-state index is 8.88. The largest absolute Gasteiger partial charge is 0.466 e. The molecule has 0 heterocycles. The lowest BCUT2D eigenvalue weighted by molar-refractivity contribution is 0.0895. The van der Waals surface area contributed by atoms with E-state index in [1.54, 1.807) is 14.7 Å². The Morgan fingerprint density at radius 1 is 0.333 bits per heavy atom. The van der Waals surface area contributed by atoms with Gasteiger partial charge in [-0.3, -0.25) is 14.7 Å². The predicted molar refractivity (Wildman–Crippen MR) is 221 cm³/mol. The molecular weight excluding hydrogens is 777 g/mol. The van der Waals surface area contributed by atoms with Crippen molar-refractivity contribution in [3.05, 3.63) is 0 Å². The van der Waals surface area contributed by atoms with Crippen molar-refractivity contribution in [3.63, 3.8) is 0 Å². The quantitative estimate of drug-likeness (QED) is 0.0241. The zero-order valence-corrected chi connectivity index (χ0v) is 36.2. The highest BCUT2D eigenvalue weighted by molar-refractivity contribution is 7.45. The molecule has 0 amide bonds. The number of aliphatic hydroxyl groups excluding tert-OH is 11. The first kappa shape index (κ1) is 68.2. The number of hydrogen-bond donors (Lipinski definition) is 14. The van der Waals surface area contributed by atoms with Gasteiger partial charge in [-0.1, -0.05) is 65.2 Å². The third-order valence-electron chi connectivity index (χ3n) is 7.00. The standard InChI is InChI=1S/2C9H20O2.3C6H15NO3.H3O4P/c2*1-2-3-4-5-6-8-11-9-7-10;3*8-4-1-7(2-5-9)3-6-10;1-5(2,3)4/h2*10H,2-9H2,1H3;3*8-10H,1-6H2;(H3,1,2,3,4). The lowest BCUT2D eigenvalue weighted by Crippen LogP contribution is -2.32. The minimum atomic E-state index is -4.64. The normalized spacial score (nSPS) is 10.7. The van der Waals surface area contributed by atoms with E-state index in [-0.39, 0.29) is 72.7 Å². The molecule has 0 unspecified atom stereocenters. The fourth-order valence-corrected chi connectivity index (χ4v) is 4.23. The Labute approximate surface area is 343 Å². The monoisotopic (exact) mass is 866 g/mol. The molecule has 0 aromatic heterocycles. The number of nitrogens with zero attached hydrogens (tertiary/aromatic N) is 3. The fourth-order valence-electron chi connectivity index (χ4n) is 4.23. The van der Waals surface area contributed by atoms with E-state index in [0.717, 1.165) is 26.1 Å². The minimum absolute atomic E-state index is 0.0694. The third kappa shape index (κ3) is 87.9. The highest BCUT2D eigenvalue weighted by Crippen LogP contribution is 2.25. The average Bonchev–Trinajstić information content (AvgIpc) is 3.16. The summed E-state index contributed by atoms with van der Waals surface area (Å²) in [6.07, 6.45) is 12.7. The van der Waals surface area contributed by atoms with E-state index in [0.29, 0.717) is 72.1 Å². The van der Waals surface area contributed by atoms with E-state index >= 15 is 0 Å². The molecule has 0 atom stereocenters. The summed E-state index contributed by atoms with van der Waals surface area (Å²) < 4.78 is 19.1. The number of phosphoric acid groups is 1. The first-order valence-electron chi connectivity index (χ1n) is 20.2. The van der Waals surface area contributed by atoms with Gasteiger partial charge in [0.1, 0.15) is 0 Å². The highest BCUT2D eigenvalue weighted by atomic mass is 31.2. The number of unbranched alkanes of at least 4 members (excludes halogenated alkanes) is 8. The molecule has 0 aromatic carbocycles. The molecule has 0 fully saturated rings. The SMILES string of the molecule is CCCCCCCOCCO.CCCCCCCOCCO.O=P(O)(O)O.OCCN(CCO)CCO.OCCN(CCO)CCO.OCCN(CCO)CCO. The topological polar surface area (TPSA) is 328 Å². The van der Waals surface area contributed by atoms with Crippen LogP contribution in [0.3, 0.4) is 0 Å². The predicted octanol–water partition coefficient (Wildman–Crippen LogP) is -2.20. The van der Waals surface area contributed by atoms with Gasteiger partial charge in [0.15, 0.2) is 0 Å². The van der Waals surface area contributed by atoms with Crippen molar-refractivity contribution in [3.8, 4) is 0 Å². The molecule has 0 aromatic rings. The van der Waals surface area contributed by atoms with Crippen LogP contribution in [0, 0.1) is 0 Å². The molecule has 0 aliphatic heterocycles. The lowest BCUT2D eigenvalue weighted by atomic mass is 10.2. The van der Waals surface area contributed by atoms with Gasteiger partial charge in [0.25, 0.3) is 0 Å². The maximum atomic E-state index is 8.88. The van der Waals surface area contributed by atoms with Crippen molar-refractivity contribution in [2.45, 2.75) is 78.1 Å². The van der Waals surface area contributed by atoms with Crippen LogP contribution in [0.5, 0.6) is 0 Å². The van der Waals surface area contributed by atoms with Crippen LogP contribution < -0.4 is 0 Å². The van der Waals surface area contributed by atoms with Crippen molar-refractivity contribution in [2.75, 3.05) is 158 Å². The Morgan fingerprint density at radius 3 is 0.684 bits per heavy atom. The summed E-state index contributed by atoms with van der Waals surface area (Å²) in [5.41, 5.74) is 0. The highest BCUT2D eigenvalue weighted by Gasteiger charge is 2.02. The van der Waals surface area contributed by atoms with Crippen LogP contribution in [0.15, 0.2) is 0 Å². The van der Waals surface area contributed by atoms with Gasteiger partial charge in [0.2, 0.25) is 0 Å². The Hall–Kier alpha value is -0.530. The van der Waals surface area contributed by atoms with E-state index < -0.39 is 7.82 Å². The molecule has 0 bridgehead atoms. The molecule has 21 heteroatoms. The van der Waals surface area contributed by atoms with Gasteiger partial charge in [-0.2, -0.15) is 0 Å². The molecule has 0 radical (unpaired) electrons. The van der Waals surface area contributed by atoms with Gasteiger partial charge >= 0.3 is 7.82 Å². The van der Waals surface area contributed by atoms with Crippen molar-refractivity contribution < 1.29 is 84.9 Å². The Morgan fingerprint density at radius 2 is 0.526 bits per heavy atom. The van der Waals surface area contributed by atoms with Gasteiger partial charge in [-0.15, -0.1) is 0 Å². The molecule has 0 saturated heterocycles. The first-order valence-corrected chi connectivity index (χ1v) is 21.7. The average molecular weight is 866 g/mol. The van der Waals surface area contributed by atoms with E-state index in [2.05, 4.69) is 13.8 Å². The van der Waals surface area contributed by atoms with Crippen LogP contribution in [0.2, 0.25) is 0 Å². The summed E-state index contributed by atoms with van der Waals surface area (Å²) >= 11 is 0. The molecule has 354 valence electrons. The molecule has 0 rings (SSSR count). The summed E-state index contributed by atoms with van der Waals surface area (Å²) in [4.78, 5) is 26.9. The van der Waals surface area contributed by atoms with Gasteiger partial charge in [0.05, 0.1) is 85.9 Å². The Bertz CT molecular complexity index is 568. The second-order valence-electron chi connectivity index (χ2n) is 12.1. The minimum Gasteiger partial charge on any atom is -0.395 e. The lowest BCUT2D eigenvalue weighted by Gasteiger charge is -2.17. The molecule has 0 aliphatic rings. The van der Waals surface area contributed by atoms with Crippen LogP contribution in [0.4, 0.5) is 0 Å². The van der Waals surface area contributed by atoms with Crippen molar-refractivity contribution in [1.29, 1.82) is 0 Å². The second kappa shape index (κ2) is 64.6. The van der Waals surface area contributed by atoms with Crippen molar-refractivity contribution in [2.24, 2.45) is 0 Å². The summed E-state index contributed by atoms with van der Waals surface area (Å²) in [6, 6.07) is 0. The zero-order chi connectivity index (χ0) is 44.7. The maximum Gasteiger partial charge on any atom is 0.466 e. The smallest absolute Gasteiger partial charge is 0.395 e. The molecule has 0 spiro atoms. The van der Waals surface area contributed by atoms with E-state index in [4.69, 9.17) is 84.9 Å². The van der Waals surface area contributed by atoms with Gasteiger partial charge in [0, 0.05) is 72.1 Å². The number of rotatable bonds is 34. The van der Waals surface area contributed by atoms with E-state index in [1.807, 2.05) is 0 Å². The van der Waals surface area contributed by atoms with Gasteiger partial charge < -0.3 is 80.3 Å². The number of aliphatic hydroxyl groups is 11. The van der Waals surface area contributed by atoms with Gasteiger partial charge in [-0.05, 0) is 12.8 Å².